The molecule has 0 spiro atoms. The van der Waals surface area contributed by atoms with Crippen molar-refractivity contribution in [2.75, 3.05) is 0 Å². The van der Waals surface area contributed by atoms with Crippen molar-refractivity contribution in [2.24, 2.45) is 0 Å². The van der Waals surface area contributed by atoms with Crippen molar-refractivity contribution in [3.05, 3.63) is 82.9 Å². The van der Waals surface area contributed by atoms with Crippen molar-refractivity contribution in [2.45, 2.75) is 37.3 Å². The van der Waals surface area contributed by atoms with Gasteiger partial charge in [0.15, 0.2) is 0 Å². The van der Waals surface area contributed by atoms with Crippen LogP contribution in [-0.2, 0) is 25.8 Å². The van der Waals surface area contributed by atoms with E-state index in [4.69, 9.17) is 0 Å². The van der Waals surface area contributed by atoms with Gasteiger partial charge in [-0.25, -0.2) is 0 Å². The molecule has 126 valence electrons. The van der Waals surface area contributed by atoms with Crippen LogP contribution in [-0.4, -0.2) is 17.6 Å². The zero-order valence-electron chi connectivity index (χ0n) is 15.6. The van der Waals surface area contributed by atoms with Crippen LogP contribution in [0.4, 0.5) is 0 Å². The summed E-state index contributed by atoms with van der Waals surface area (Å²) >= 11 is 0. The third-order valence-electron chi connectivity index (χ3n) is 4.84. The van der Waals surface area contributed by atoms with Crippen LogP contribution in [0.25, 0.3) is 12.2 Å². The van der Waals surface area contributed by atoms with Gasteiger partial charge in [-0.2, -0.15) is 0 Å². The standard InChI is InChI=1S/2C11H13Si.Hf/c2*1-12(2)11-8-7-9-5-3-4-6-10(9)11;/h2*3-8,11H,1-2H3;. The number of benzene rings is 2. The summed E-state index contributed by atoms with van der Waals surface area (Å²) in [6, 6.07) is 17.4. The first-order valence-corrected chi connectivity index (χ1v) is 13.9. The largest absolute Gasteiger partial charge is 0.0794 e. The third-order valence-corrected chi connectivity index (χ3v) is 8.34. The second-order valence-corrected chi connectivity index (χ2v) is 12.6. The van der Waals surface area contributed by atoms with Crippen LogP contribution in [0, 0.1) is 0 Å². The third kappa shape index (κ3) is 4.69. The van der Waals surface area contributed by atoms with E-state index in [0.717, 1.165) is 11.1 Å². The molecule has 2 aromatic carbocycles. The molecule has 2 atom stereocenters. The summed E-state index contributed by atoms with van der Waals surface area (Å²) in [5.41, 5.74) is 7.41. The Labute approximate surface area is 175 Å². The molecule has 0 aliphatic heterocycles. The molecule has 0 heterocycles. The Morgan fingerprint density at radius 1 is 0.600 bits per heavy atom. The Bertz CT molecular complexity index is 697. The maximum absolute atomic E-state index is 2.38. The number of hydrogen-bond acceptors (Lipinski definition) is 0. The summed E-state index contributed by atoms with van der Waals surface area (Å²) in [5, 5.41) is 0. The van der Waals surface area contributed by atoms with E-state index in [0.29, 0.717) is 0 Å². The van der Waals surface area contributed by atoms with Crippen molar-refractivity contribution in [3.8, 4) is 0 Å². The molecule has 25 heavy (non-hydrogen) atoms. The van der Waals surface area contributed by atoms with Crippen molar-refractivity contribution in [3.63, 3.8) is 0 Å². The molecule has 2 aliphatic carbocycles. The predicted octanol–water partition coefficient (Wildman–Crippen LogP) is 6.18. The van der Waals surface area contributed by atoms with E-state index < -0.39 is 0 Å². The van der Waals surface area contributed by atoms with E-state index in [1.807, 2.05) is 0 Å². The summed E-state index contributed by atoms with van der Waals surface area (Å²) in [7, 11) is -0.422. The van der Waals surface area contributed by atoms with E-state index in [1.165, 1.54) is 22.3 Å². The molecule has 0 amide bonds. The molecule has 0 N–H and O–H groups in total. The van der Waals surface area contributed by atoms with Crippen molar-refractivity contribution < 1.29 is 25.8 Å². The molecule has 3 heteroatoms. The van der Waals surface area contributed by atoms with E-state index in [1.54, 1.807) is 0 Å². The topological polar surface area (TPSA) is 0 Å². The molecule has 2 aliphatic rings. The van der Waals surface area contributed by atoms with Crippen LogP contribution in [0.1, 0.15) is 33.3 Å². The van der Waals surface area contributed by atoms with Gasteiger partial charge >= 0.3 is 0 Å². The number of rotatable bonds is 2. The minimum Gasteiger partial charge on any atom is -0.0794 e. The number of hydrogen-bond donors (Lipinski definition) is 0. The van der Waals surface area contributed by atoms with Gasteiger partial charge in [-0.05, 0) is 33.3 Å². The summed E-state index contributed by atoms with van der Waals surface area (Å²) < 4.78 is 0. The second kappa shape index (κ2) is 9.24. The smallest absolute Gasteiger partial charge is 0.0548 e. The molecule has 2 aromatic rings. The predicted molar refractivity (Wildman–Crippen MR) is 111 cm³/mol. The fourth-order valence-electron chi connectivity index (χ4n) is 3.51. The molecular formula is C22H26HfSi2. The molecule has 2 unspecified atom stereocenters. The molecule has 4 rings (SSSR count). The van der Waals surface area contributed by atoms with Gasteiger partial charge in [0.1, 0.15) is 0 Å². The summed E-state index contributed by atoms with van der Waals surface area (Å²) in [6.45, 7) is 9.51. The van der Waals surface area contributed by atoms with Gasteiger partial charge < -0.3 is 0 Å². The van der Waals surface area contributed by atoms with E-state index in [9.17, 15) is 0 Å². The van der Waals surface area contributed by atoms with Crippen LogP contribution in [0.5, 0.6) is 0 Å². The van der Waals surface area contributed by atoms with Crippen LogP contribution in [0.2, 0.25) is 26.2 Å². The van der Waals surface area contributed by atoms with Gasteiger partial charge in [0.2, 0.25) is 0 Å². The zero-order valence-corrected chi connectivity index (χ0v) is 21.2. The first-order valence-electron chi connectivity index (χ1n) is 8.72. The average molecular weight is 525 g/mol. The summed E-state index contributed by atoms with van der Waals surface area (Å²) in [6.07, 6.45) is 9.24. The monoisotopic (exact) mass is 526 g/mol. The van der Waals surface area contributed by atoms with Gasteiger partial charge in [-0.1, -0.05) is 99.0 Å². The van der Waals surface area contributed by atoms with E-state index in [2.05, 4.69) is 99.0 Å². The van der Waals surface area contributed by atoms with Crippen molar-refractivity contribution in [1.29, 1.82) is 0 Å². The van der Waals surface area contributed by atoms with E-state index >= 15 is 0 Å². The van der Waals surface area contributed by atoms with Crippen molar-refractivity contribution in [1.82, 2.24) is 0 Å². The fourth-order valence-corrected chi connectivity index (χ4v) is 6.24. The van der Waals surface area contributed by atoms with E-state index in [-0.39, 0.29) is 43.4 Å². The zero-order chi connectivity index (χ0) is 17.1. The van der Waals surface area contributed by atoms with Gasteiger partial charge in [0, 0.05) is 25.8 Å². The molecule has 0 bridgehead atoms. The molecule has 0 fully saturated rings. The molecule has 2 radical (unpaired) electrons. The minimum absolute atomic E-state index is 0. The maximum Gasteiger partial charge on any atom is 0.0548 e. The molecule has 0 aromatic heterocycles. The summed E-state index contributed by atoms with van der Waals surface area (Å²) in [5.74, 6) is 0. The van der Waals surface area contributed by atoms with Gasteiger partial charge in [-0.15, -0.1) is 0 Å². The van der Waals surface area contributed by atoms with Crippen LogP contribution < -0.4 is 0 Å². The number of fused-ring (bicyclic) bond motifs is 2. The van der Waals surface area contributed by atoms with Crippen LogP contribution in [0.3, 0.4) is 0 Å². The Balaban J connectivity index is 0.000000173. The number of allylic oxidation sites excluding steroid dienone is 2. The Kier molecular flexibility index (Phi) is 7.59. The second-order valence-electron chi connectivity index (χ2n) is 7.09. The molecular weight excluding hydrogens is 499 g/mol. The Morgan fingerprint density at radius 3 is 1.32 bits per heavy atom. The normalized spacial score (nSPS) is 19.3. The molecule has 0 saturated heterocycles. The van der Waals surface area contributed by atoms with Gasteiger partial charge in [0.25, 0.3) is 0 Å². The Hall–Kier alpha value is -0.776. The van der Waals surface area contributed by atoms with Gasteiger partial charge in [0.05, 0.1) is 17.6 Å². The van der Waals surface area contributed by atoms with Crippen LogP contribution in [0.15, 0.2) is 60.7 Å². The first kappa shape index (κ1) is 20.5. The Morgan fingerprint density at radius 2 is 0.960 bits per heavy atom. The molecule has 0 saturated carbocycles. The summed E-state index contributed by atoms with van der Waals surface area (Å²) in [4.78, 5) is 0. The molecule has 0 nitrogen and oxygen atoms in total. The van der Waals surface area contributed by atoms with Crippen molar-refractivity contribution >= 4 is 29.7 Å². The minimum atomic E-state index is -0.211. The maximum atomic E-state index is 2.38. The average Bonchev–Trinajstić information content (AvgIpc) is 3.19. The SMILES string of the molecule is C[Si](C)C1C=Cc2ccccc21.C[Si](C)C1C=Cc2ccccc21.[Hf]. The van der Waals surface area contributed by atoms with Crippen LogP contribution >= 0.6 is 0 Å². The first-order chi connectivity index (χ1) is 11.6. The fraction of sp³-hybridized carbons (Fsp3) is 0.273. The van der Waals surface area contributed by atoms with Gasteiger partial charge in [-0.3, -0.25) is 0 Å². The quantitative estimate of drug-likeness (QED) is 0.412.